The van der Waals surface area contributed by atoms with Gasteiger partial charge in [-0.2, -0.15) is 0 Å². The summed E-state index contributed by atoms with van der Waals surface area (Å²) in [6, 6.07) is 8.80. The van der Waals surface area contributed by atoms with E-state index < -0.39 is 11.9 Å². The van der Waals surface area contributed by atoms with E-state index in [9.17, 15) is 14.7 Å². The maximum absolute atomic E-state index is 11.7. The van der Waals surface area contributed by atoms with E-state index in [0.29, 0.717) is 5.69 Å². The average molecular weight is 362 g/mol. The zero-order valence-electron chi connectivity index (χ0n) is 13.6. The molecule has 0 aliphatic rings. The molecule has 0 fully saturated rings. The van der Waals surface area contributed by atoms with Crippen LogP contribution in [0.4, 0.5) is 5.69 Å². The molecule has 0 aromatic heterocycles. The van der Waals surface area contributed by atoms with Gasteiger partial charge in [0.25, 0.3) is 0 Å². The Morgan fingerprint density at radius 1 is 1.24 bits per heavy atom. The number of aliphatic imine (C=N–C) groups is 1. The highest BCUT2D eigenvalue weighted by atomic mass is 35.5. The number of aromatic carboxylic acids is 1. The lowest BCUT2D eigenvalue weighted by Crippen LogP contribution is -2.15. The first kappa shape index (κ1) is 18.5. The van der Waals surface area contributed by atoms with Gasteiger partial charge in [-0.3, -0.25) is 9.79 Å². The fraction of sp³-hybridized carbons (Fsp3) is 0.167. The third-order valence-electron chi connectivity index (χ3n) is 3.20. The maximum atomic E-state index is 11.7. The van der Waals surface area contributed by atoms with Crippen LogP contribution >= 0.6 is 11.6 Å². The van der Waals surface area contributed by atoms with Crippen LogP contribution in [0.25, 0.3) is 0 Å². The van der Waals surface area contributed by atoms with Crippen molar-refractivity contribution < 1.29 is 24.5 Å². The summed E-state index contributed by atoms with van der Waals surface area (Å²) in [5.74, 6) is -2.28. The van der Waals surface area contributed by atoms with Crippen LogP contribution < -0.4 is 4.74 Å². The molecule has 0 saturated heterocycles. The zero-order chi connectivity index (χ0) is 18.6. The first-order valence-corrected chi connectivity index (χ1v) is 7.77. The highest BCUT2D eigenvalue weighted by Crippen LogP contribution is 2.33. The number of esters is 1. The predicted molar refractivity (Wildman–Crippen MR) is 94.2 cm³/mol. The van der Waals surface area contributed by atoms with E-state index in [1.165, 1.54) is 30.5 Å². The van der Waals surface area contributed by atoms with Crippen molar-refractivity contribution in [2.75, 3.05) is 0 Å². The molecule has 25 heavy (non-hydrogen) atoms. The van der Waals surface area contributed by atoms with E-state index in [1.54, 1.807) is 26.0 Å². The molecule has 0 aliphatic carbocycles. The number of rotatable bonds is 5. The lowest BCUT2D eigenvalue weighted by Gasteiger charge is -2.10. The lowest BCUT2D eigenvalue weighted by atomic mass is 10.2. The van der Waals surface area contributed by atoms with Gasteiger partial charge in [-0.05, 0) is 24.3 Å². The topological polar surface area (TPSA) is 96.2 Å². The largest absolute Gasteiger partial charge is 0.504 e. The number of phenolic OH excluding ortho intramolecular Hbond substituents is 1. The molecule has 0 atom stereocenters. The van der Waals surface area contributed by atoms with Gasteiger partial charge in [0.15, 0.2) is 11.5 Å². The minimum absolute atomic E-state index is 0.0630. The van der Waals surface area contributed by atoms with E-state index >= 15 is 0 Å². The predicted octanol–water partition coefficient (Wildman–Crippen LogP) is 4.06. The lowest BCUT2D eigenvalue weighted by molar-refractivity contribution is -0.137. The Balaban J connectivity index is 2.33. The summed E-state index contributed by atoms with van der Waals surface area (Å²) in [6.45, 7) is 3.34. The van der Waals surface area contributed by atoms with Crippen molar-refractivity contribution in [3.05, 3.63) is 52.5 Å². The number of carboxylic acids is 1. The molecule has 0 heterocycles. The van der Waals surface area contributed by atoms with E-state index in [4.69, 9.17) is 21.4 Å². The molecular formula is C18H16ClNO5. The van der Waals surface area contributed by atoms with Crippen LogP contribution in [0, 0.1) is 5.92 Å². The molecule has 2 aromatic carbocycles. The van der Waals surface area contributed by atoms with Crippen molar-refractivity contribution in [2.24, 2.45) is 10.9 Å². The molecule has 0 unspecified atom stereocenters. The van der Waals surface area contributed by atoms with Crippen LogP contribution in [0.5, 0.6) is 11.5 Å². The zero-order valence-corrected chi connectivity index (χ0v) is 14.3. The third-order valence-corrected chi connectivity index (χ3v) is 3.42. The van der Waals surface area contributed by atoms with Gasteiger partial charge in [-0.1, -0.05) is 31.5 Å². The molecular weight excluding hydrogens is 346 g/mol. The molecule has 2 aromatic rings. The fourth-order valence-electron chi connectivity index (χ4n) is 1.86. The summed E-state index contributed by atoms with van der Waals surface area (Å²) in [7, 11) is 0. The van der Waals surface area contributed by atoms with Gasteiger partial charge < -0.3 is 14.9 Å². The summed E-state index contributed by atoms with van der Waals surface area (Å²) >= 11 is 5.99. The number of ether oxygens (including phenoxy) is 1. The highest BCUT2D eigenvalue weighted by Gasteiger charge is 2.15. The highest BCUT2D eigenvalue weighted by molar-refractivity contribution is 6.31. The molecule has 0 amide bonds. The second-order valence-electron chi connectivity index (χ2n) is 5.53. The van der Waals surface area contributed by atoms with Crippen LogP contribution in [0.3, 0.4) is 0 Å². The smallest absolute Gasteiger partial charge is 0.335 e. The summed E-state index contributed by atoms with van der Waals surface area (Å²) < 4.78 is 5.12. The number of carboxylic acid groups (broad SMARTS) is 1. The number of phenols is 1. The number of carbonyl (C=O) groups is 2. The van der Waals surface area contributed by atoms with Crippen LogP contribution in [0.15, 0.2) is 41.4 Å². The number of carbonyl (C=O) groups excluding carboxylic acids is 1. The molecule has 130 valence electrons. The molecule has 0 aliphatic heterocycles. The van der Waals surface area contributed by atoms with Crippen LogP contribution in [-0.4, -0.2) is 28.4 Å². The molecule has 6 nitrogen and oxygen atoms in total. The third kappa shape index (κ3) is 4.81. The van der Waals surface area contributed by atoms with E-state index in [0.717, 1.165) is 0 Å². The summed E-state index contributed by atoms with van der Waals surface area (Å²) in [5.41, 5.74) is 0.719. The van der Waals surface area contributed by atoms with Crippen LogP contribution in [0.2, 0.25) is 5.02 Å². The van der Waals surface area contributed by atoms with Crippen molar-refractivity contribution in [2.45, 2.75) is 13.8 Å². The van der Waals surface area contributed by atoms with E-state index in [1.807, 2.05) is 0 Å². The molecule has 2 N–H and O–H groups in total. The van der Waals surface area contributed by atoms with Gasteiger partial charge in [0, 0.05) is 22.9 Å². The van der Waals surface area contributed by atoms with Crippen molar-refractivity contribution in [3.8, 4) is 11.5 Å². The van der Waals surface area contributed by atoms with Gasteiger partial charge in [0.1, 0.15) is 0 Å². The molecule has 2 rings (SSSR count). The van der Waals surface area contributed by atoms with E-state index in [-0.39, 0.29) is 33.6 Å². The monoisotopic (exact) mass is 361 g/mol. The second-order valence-corrected chi connectivity index (χ2v) is 5.97. The second kappa shape index (κ2) is 7.81. The standard InChI is InChI=1S/C18H16ClNO5/c1-10(2)18(24)25-15-8-13(19)6-12(16(15)21)9-20-14-5-3-4-11(7-14)17(22)23/h3-10,21H,1-2H3,(H,22,23). The number of hydrogen-bond donors (Lipinski definition) is 2. The molecule has 0 radical (unpaired) electrons. The summed E-state index contributed by atoms with van der Waals surface area (Å²) in [6.07, 6.45) is 1.31. The molecule has 0 saturated carbocycles. The number of aromatic hydroxyl groups is 1. The fourth-order valence-corrected chi connectivity index (χ4v) is 2.08. The Morgan fingerprint density at radius 2 is 1.96 bits per heavy atom. The van der Waals surface area contributed by atoms with Gasteiger partial charge in [-0.25, -0.2) is 4.79 Å². The molecule has 0 spiro atoms. The first-order chi connectivity index (χ1) is 11.8. The van der Waals surface area contributed by atoms with Gasteiger partial charge in [0.2, 0.25) is 0 Å². The average Bonchev–Trinajstić information content (AvgIpc) is 2.56. The number of nitrogens with zero attached hydrogens (tertiary/aromatic N) is 1. The Bertz CT molecular complexity index is 845. The molecule has 0 bridgehead atoms. The van der Waals surface area contributed by atoms with Gasteiger partial charge in [0.05, 0.1) is 17.2 Å². The minimum Gasteiger partial charge on any atom is -0.504 e. The first-order valence-electron chi connectivity index (χ1n) is 7.39. The van der Waals surface area contributed by atoms with Crippen molar-refractivity contribution in [3.63, 3.8) is 0 Å². The SMILES string of the molecule is CC(C)C(=O)Oc1cc(Cl)cc(C=Nc2cccc(C(=O)O)c2)c1O. The van der Waals surface area contributed by atoms with Crippen LogP contribution in [0.1, 0.15) is 29.8 Å². The van der Waals surface area contributed by atoms with Crippen molar-refractivity contribution >= 4 is 35.4 Å². The number of benzene rings is 2. The normalized spacial score (nSPS) is 11.0. The summed E-state index contributed by atoms with van der Waals surface area (Å²) in [5, 5.41) is 19.5. The number of hydrogen-bond acceptors (Lipinski definition) is 5. The quantitative estimate of drug-likeness (QED) is 0.475. The maximum Gasteiger partial charge on any atom is 0.335 e. The summed E-state index contributed by atoms with van der Waals surface area (Å²) in [4.78, 5) is 26.8. The van der Waals surface area contributed by atoms with Crippen molar-refractivity contribution in [1.82, 2.24) is 0 Å². The van der Waals surface area contributed by atoms with E-state index in [2.05, 4.69) is 4.99 Å². The Hall–Kier alpha value is -2.86. The van der Waals surface area contributed by atoms with Gasteiger partial charge in [-0.15, -0.1) is 0 Å². The molecule has 7 heteroatoms. The minimum atomic E-state index is -1.06. The van der Waals surface area contributed by atoms with Gasteiger partial charge >= 0.3 is 11.9 Å². The van der Waals surface area contributed by atoms with Crippen molar-refractivity contribution in [1.29, 1.82) is 0 Å². The Morgan fingerprint density at radius 3 is 2.60 bits per heavy atom. The Labute approximate surface area is 149 Å². The number of halogens is 1. The van der Waals surface area contributed by atoms with Crippen LogP contribution in [-0.2, 0) is 4.79 Å². The Kier molecular flexibility index (Phi) is 5.77.